The van der Waals surface area contributed by atoms with Crippen LogP contribution in [0, 0.1) is 11.3 Å². The first kappa shape index (κ1) is 27.3. The van der Waals surface area contributed by atoms with Gasteiger partial charge >= 0.3 is 5.97 Å². The van der Waals surface area contributed by atoms with E-state index in [1.54, 1.807) is 23.8 Å². The van der Waals surface area contributed by atoms with Crippen LogP contribution in [0.15, 0.2) is 67.0 Å². The molecule has 4 rings (SSSR count). The van der Waals surface area contributed by atoms with Crippen LogP contribution in [0.4, 0.5) is 11.4 Å². The summed E-state index contributed by atoms with van der Waals surface area (Å²) in [6.45, 7) is 8.39. The molecule has 0 aliphatic rings. The molecule has 0 saturated carbocycles. The monoisotopic (exact) mass is 498 g/mol. The van der Waals surface area contributed by atoms with Gasteiger partial charge in [-0.25, -0.2) is 9.31 Å². The van der Waals surface area contributed by atoms with Gasteiger partial charge in [0.1, 0.15) is 11.5 Å². The first-order valence-corrected chi connectivity index (χ1v) is 12.7. The number of fused-ring (bicyclic) bond motifs is 1. The number of carbonyl (C=O) groups is 1. The maximum absolute atomic E-state index is 12.6. The Bertz CT molecular complexity index is 1340. The van der Waals surface area contributed by atoms with Gasteiger partial charge < -0.3 is 14.8 Å². The number of hydrogen-bond acceptors (Lipinski definition) is 6. The molecular formula is C30H34N4O3. The molecule has 2 aromatic carbocycles. The molecule has 7 nitrogen and oxygen atoms in total. The second-order valence-electron chi connectivity index (χ2n) is 8.44. The van der Waals surface area contributed by atoms with Gasteiger partial charge in [0.2, 0.25) is 0 Å². The van der Waals surface area contributed by atoms with Gasteiger partial charge in [0.25, 0.3) is 0 Å². The van der Waals surface area contributed by atoms with E-state index in [1.807, 2.05) is 54.6 Å². The number of aryl methyl sites for hydroxylation is 1. The van der Waals surface area contributed by atoms with Crippen molar-refractivity contribution in [1.29, 1.82) is 5.26 Å². The number of benzene rings is 2. The summed E-state index contributed by atoms with van der Waals surface area (Å²) in [6.07, 6.45) is 6.33. The van der Waals surface area contributed by atoms with Crippen LogP contribution in [0.25, 0.3) is 5.52 Å². The van der Waals surface area contributed by atoms with E-state index in [1.165, 1.54) is 6.42 Å². The fraction of sp³-hybridized carbons (Fsp3) is 0.300. The lowest BCUT2D eigenvalue weighted by Crippen LogP contribution is -2.06. The zero-order valence-electron chi connectivity index (χ0n) is 22.0. The summed E-state index contributed by atoms with van der Waals surface area (Å²) in [5.74, 6) is 1.11. The van der Waals surface area contributed by atoms with Crippen molar-refractivity contribution < 1.29 is 14.3 Å². The van der Waals surface area contributed by atoms with Crippen LogP contribution in [0.1, 0.15) is 62.0 Å². The van der Waals surface area contributed by atoms with E-state index in [-0.39, 0.29) is 12.4 Å². The first-order chi connectivity index (χ1) is 18.1. The second-order valence-corrected chi connectivity index (χ2v) is 8.44. The zero-order chi connectivity index (χ0) is 26.6. The van der Waals surface area contributed by atoms with E-state index in [2.05, 4.69) is 37.3 Å². The second kappa shape index (κ2) is 13.7. The largest absolute Gasteiger partial charge is 0.462 e. The third-order valence-corrected chi connectivity index (χ3v) is 5.35. The molecule has 192 valence electrons. The molecule has 0 radical (unpaired) electrons. The molecule has 0 spiro atoms. The van der Waals surface area contributed by atoms with Crippen molar-refractivity contribution in [2.45, 2.75) is 53.4 Å². The number of aromatic nitrogens is 2. The number of nitriles is 1. The van der Waals surface area contributed by atoms with Gasteiger partial charge in [-0.1, -0.05) is 51.8 Å². The number of nitrogens with zero attached hydrogens (tertiary/aromatic N) is 3. The minimum absolute atomic E-state index is 0.187. The highest BCUT2D eigenvalue weighted by atomic mass is 16.5. The van der Waals surface area contributed by atoms with E-state index >= 15 is 0 Å². The molecule has 0 unspecified atom stereocenters. The summed E-state index contributed by atoms with van der Waals surface area (Å²) in [7, 11) is 0. The predicted octanol–water partition coefficient (Wildman–Crippen LogP) is 7.48. The summed E-state index contributed by atoms with van der Waals surface area (Å²) >= 11 is 0. The summed E-state index contributed by atoms with van der Waals surface area (Å²) in [4.78, 5) is 12.6. The summed E-state index contributed by atoms with van der Waals surface area (Å²) in [5, 5.41) is 17.3. The number of ether oxygens (including phenoxy) is 2. The topological polar surface area (TPSA) is 88.7 Å². The van der Waals surface area contributed by atoms with Crippen LogP contribution in [0.2, 0.25) is 0 Å². The Morgan fingerprint density at radius 2 is 1.70 bits per heavy atom. The quantitative estimate of drug-likeness (QED) is 0.241. The van der Waals surface area contributed by atoms with Gasteiger partial charge in [-0.15, -0.1) is 0 Å². The van der Waals surface area contributed by atoms with E-state index < -0.39 is 0 Å². The van der Waals surface area contributed by atoms with Gasteiger partial charge in [-0.2, -0.15) is 10.4 Å². The third kappa shape index (κ3) is 6.89. The van der Waals surface area contributed by atoms with Crippen molar-refractivity contribution >= 4 is 22.9 Å². The van der Waals surface area contributed by atoms with Crippen LogP contribution in [0.5, 0.6) is 11.5 Å². The van der Waals surface area contributed by atoms with Crippen LogP contribution < -0.4 is 10.1 Å². The predicted molar refractivity (Wildman–Crippen MR) is 147 cm³/mol. The smallest absolute Gasteiger partial charge is 0.340 e. The number of para-hydroxylation sites is 1. The Morgan fingerprint density at radius 3 is 2.32 bits per heavy atom. The highest BCUT2D eigenvalue weighted by Gasteiger charge is 2.22. The molecule has 37 heavy (non-hydrogen) atoms. The molecule has 7 heteroatoms. The Balaban J connectivity index is 0.00000121. The molecule has 1 N–H and O–H groups in total. The number of rotatable bonds is 9. The number of hydrogen-bond donors (Lipinski definition) is 1. The number of esters is 1. The Morgan fingerprint density at radius 1 is 1.03 bits per heavy atom. The Hall–Kier alpha value is -4.31. The van der Waals surface area contributed by atoms with Crippen molar-refractivity contribution in [3.05, 3.63) is 83.7 Å². The highest BCUT2D eigenvalue weighted by Crippen LogP contribution is 2.33. The van der Waals surface area contributed by atoms with E-state index in [9.17, 15) is 10.1 Å². The van der Waals surface area contributed by atoms with Crippen LogP contribution in [-0.2, 0) is 17.6 Å². The summed E-state index contributed by atoms with van der Waals surface area (Å²) in [5.41, 5.74) is 4.48. The molecule has 0 aliphatic carbocycles. The number of anilines is 2. The number of carbonyl (C=O) groups excluding carboxylic acids is 1. The normalized spacial score (nSPS) is 10.2. The fourth-order valence-electron chi connectivity index (χ4n) is 3.86. The van der Waals surface area contributed by atoms with Gasteiger partial charge in [-0.3, -0.25) is 0 Å². The zero-order valence-corrected chi connectivity index (χ0v) is 22.0. The standard InChI is InChI=1S/C27H26N4O3.C3H8/c1-3-8-23-24(27(32)33-4-2)18-31-26(23)25(19(15-16-28)17-29-31)30-20-11-13-22(14-12-20)34-21-9-6-5-7-10-21;1-3-2/h5-7,9-14,17-18,30H,3-4,8,15H2,1-2H3;3H2,1-2H3. The van der Waals surface area contributed by atoms with Gasteiger partial charge in [0.15, 0.2) is 0 Å². The van der Waals surface area contributed by atoms with Gasteiger partial charge in [0, 0.05) is 17.4 Å². The maximum atomic E-state index is 12.6. The molecule has 2 aromatic heterocycles. The Kier molecular flexibility index (Phi) is 10.1. The molecule has 0 aliphatic heterocycles. The highest BCUT2D eigenvalue weighted by molar-refractivity contribution is 5.97. The minimum atomic E-state index is -0.369. The van der Waals surface area contributed by atoms with Crippen molar-refractivity contribution in [3.8, 4) is 17.6 Å². The van der Waals surface area contributed by atoms with Crippen LogP contribution in [0.3, 0.4) is 0 Å². The van der Waals surface area contributed by atoms with Gasteiger partial charge in [0.05, 0.1) is 42.1 Å². The fourth-order valence-corrected chi connectivity index (χ4v) is 3.86. The van der Waals surface area contributed by atoms with Crippen LogP contribution in [-0.4, -0.2) is 22.2 Å². The third-order valence-electron chi connectivity index (χ3n) is 5.35. The molecule has 0 fully saturated rings. The number of nitrogens with one attached hydrogen (secondary N) is 1. The van der Waals surface area contributed by atoms with Gasteiger partial charge in [-0.05, 0) is 55.3 Å². The lowest BCUT2D eigenvalue weighted by Gasteiger charge is -2.14. The average Bonchev–Trinajstić information content (AvgIpc) is 3.27. The molecule has 2 heterocycles. The molecule has 0 amide bonds. The minimum Gasteiger partial charge on any atom is -0.462 e. The molecular weight excluding hydrogens is 464 g/mol. The van der Waals surface area contributed by atoms with E-state index in [0.717, 1.165) is 40.2 Å². The summed E-state index contributed by atoms with van der Waals surface area (Å²) in [6, 6.07) is 19.4. The molecule has 0 saturated heterocycles. The average molecular weight is 499 g/mol. The lowest BCUT2D eigenvalue weighted by molar-refractivity contribution is 0.0525. The van der Waals surface area contributed by atoms with Crippen LogP contribution >= 0.6 is 0 Å². The van der Waals surface area contributed by atoms with Crippen molar-refractivity contribution in [2.75, 3.05) is 11.9 Å². The maximum Gasteiger partial charge on any atom is 0.340 e. The SMILES string of the molecule is CCC.CCCc1c(C(=O)OCC)cn2ncc(CC#N)c(Nc3ccc(Oc4ccccc4)cc3)c12. The molecule has 0 atom stereocenters. The summed E-state index contributed by atoms with van der Waals surface area (Å²) < 4.78 is 12.8. The first-order valence-electron chi connectivity index (χ1n) is 12.7. The van der Waals surface area contributed by atoms with Crippen molar-refractivity contribution in [3.63, 3.8) is 0 Å². The van der Waals surface area contributed by atoms with Crippen molar-refractivity contribution in [2.24, 2.45) is 0 Å². The Labute approximate surface area is 218 Å². The van der Waals surface area contributed by atoms with E-state index in [4.69, 9.17) is 9.47 Å². The molecule has 0 bridgehead atoms. The van der Waals surface area contributed by atoms with E-state index in [0.29, 0.717) is 24.3 Å². The lowest BCUT2D eigenvalue weighted by atomic mass is 10.0. The van der Waals surface area contributed by atoms with Crippen molar-refractivity contribution in [1.82, 2.24) is 9.61 Å². The molecule has 4 aromatic rings.